The number of amides is 1. The van der Waals surface area contributed by atoms with E-state index in [1.165, 1.54) is 6.26 Å². The molecule has 0 atom stereocenters. The smallest absolute Gasteiger partial charge is 0.289 e. The largest absolute Gasteiger partial charge is 0.459 e. The lowest BCUT2D eigenvalue weighted by Crippen LogP contribution is -2.42. The molecule has 110 valence electrons. The summed E-state index contributed by atoms with van der Waals surface area (Å²) in [6, 6.07) is 7.70. The minimum Gasteiger partial charge on any atom is -0.459 e. The van der Waals surface area contributed by atoms with E-state index in [9.17, 15) is 4.79 Å². The number of aromatic nitrogens is 1. The molecule has 3 rings (SSSR count). The molecule has 21 heavy (non-hydrogen) atoms. The molecule has 2 aromatic heterocycles. The van der Waals surface area contributed by atoms with Gasteiger partial charge in [-0.1, -0.05) is 0 Å². The molecule has 0 bridgehead atoms. The zero-order valence-electron chi connectivity index (χ0n) is 11.5. The standard InChI is InChI=1S/C15H16BrN3O2/c16-11-3-4-14(17-10-11)18-12-5-7-19(8-6-12)15(20)13-2-1-9-21-13/h1-4,9-10,12H,5-8H2,(H,17,18). The highest BCUT2D eigenvalue weighted by molar-refractivity contribution is 9.10. The van der Waals surface area contributed by atoms with Crippen molar-refractivity contribution in [3.8, 4) is 0 Å². The molecular weight excluding hydrogens is 334 g/mol. The first kappa shape index (κ1) is 14.1. The van der Waals surface area contributed by atoms with Crippen molar-refractivity contribution in [3.63, 3.8) is 0 Å². The number of hydrogen-bond donors (Lipinski definition) is 1. The maximum absolute atomic E-state index is 12.2. The maximum Gasteiger partial charge on any atom is 0.289 e. The maximum atomic E-state index is 12.2. The summed E-state index contributed by atoms with van der Waals surface area (Å²) in [4.78, 5) is 18.3. The van der Waals surface area contributed by atoms with Crippen LogP contribution in [0, 0.1) is 0 Å². The minimum atomic E-state index is -0.0276. The fourth-order valence-corrected chi connectivity index (χ4v) is 2.69. The number of pyridine rings is 1. The predicted molar refractivity (Wildman–Crippen MR) is 83.2 cm³/mol. The normalized spacial score (nSPS) is 16.0. The Kier molecular flexibility index (Phi) is 4.24. The zero-order valence-corrected chi connectivity index (χ0v) is 13.0. The Morgan fingerprint density at radius 2 is 2.14 bits per heavy atom. The van der Waals surface area contributed by atoms with E-state index in [2.05, 4.69) is 26.2 Å². The third-order valence-corrected chi connectivity index (χ3v) is 4.06. The topological polar surface area (TPSA) is 58.4 Å². The molecule has 1 aliphatic rings. The summed E-state index contributed by atoms with van der Waals surface area (Å²) in [5.74, 6) is 1.25. The van der Waals surface area contributed by atoms with E-state index in [-0.39, 0.29) is 5.91 Å². The van der Waals surface area contributed by atoms with Crippen molar-refractivity contribution in [2.45, 2.75) is 18.9 Å². The first-order valence-electron chi connectivity index (χ1n) is 6.93. The molecule has 2 aromatic rings. The van der Waals surface area contributed by atoms with Crippen LogP contribution in [0.3, 0.4) is 0 Å². The Morgan fingerprint density at radius 1 is 1.33 bits per heavy atom. The van der Waals surface area contributed by atoms with Gasteiger partial charge in [0.1, 0.15) is 5.82 Å². The van der Waals surface area contributed by atoms with Gasteiger partial charge in [0.25, 0.3) is 5.91 Å². The van der Waals surface area contributed by atoms with Crippen LogP contribution in [0.15, 0.2) is 45.6 Å². The molecule has 0 unspecified atom stereocenters. The molecule has 3 heterocycles. The Labute approximate surface area is 131 Å². The number of nitrogens with one attached hydrogen (secondary N) is 1. The zero-order chi connectivity index (χ0) is 14.7. The van der Waals surface area contributed by atoms with Crippen LogP contribution in [0.1, 0.15) is 23.4 Å². The third-order valence-electron chi connectivity index (χ3n) is 3.59. The summed E-state index contributed by atoms with van der Waals surface area (Å²) in [6.07, 6.45) is 5.12. The molecular formula is C15H16BrN3O2. The molecule has 0 aliphatic carbocycles. The van der Waals surface area contributed by atoms with E-state index in [1.54, 1.807) is 18.3 Å². The molecule has 0 aromatic carbocycles. The van der Waals surface area contributed by atoms with Gasteiger partial charge in [0, 0.05) is 29.8 Å². The quantitative estimate of drug-likeness (QED) is 0.924. The van der Waals surface area contributed by atoms with E-state index in [4.69, 9.17) is 4.42 Å². The van der Waals surface area contributed by atoms with Crippen molar-refractivity contribution in [1.82, 2.24) is 9.88 Å². The minimum absolute atomic E-state index is 0.0276. The second-order valence-corrected chi connectivity index (χ2v) is 5.97. The van der Waals surface area contributed by atoms with Crippen LogP contribution in [0.4, 0.5) is 5.82 Å². The van der Waals surface area contributed by atoms with E-state index in [0.717, 1.165) is 36.2 Å². The number of hydrogen-bond acceptors (Lipinski definition) is 4. The number of furan rings is 1. The molecule has 1 saturated heterocycles. The Bertz CT molecular complexity index is 590. The van der Waals surface area contributed by atoms with Gasteiger partial charge in [-0.3, -0.25) is 4.79 Å². The Morgan fingerprint density at radius 3 is 2.76 bits per heavy atom. The van der Waals surface area contributed by atoms with E-state index >= 15 is 0 Å². The van der Waals surface area contributed by atoms with Crippen LogP contribution < -0.4 is 5.32 Å². The van der Waals surface area contributed by atoms with Crippen molar-refractivity contribution in [3.05, 3.63) is 47.0 Å². The molecule has 0 spiro atoms. The second kappa shape index (κ2) is 6.30. The molecule has 1 aliphatic heterocycles. The fraction of sp³-hybridized carbons (Fsp3) is 0.333. The number of halogens is 1. The van der Waals surface area contributed by atoms with Gasteiger partial charge >= 0.3 is 0 Å². The molecule has 0 saturated carbocycles. The van der Waals surface area contributed by atoms with Gasteiger partial charge in [0.15, 0.2) is 5.76 Å². The van der Waals surface area contributed by atoms with E-state index in [0.29, 0.717) is 11.8 Å². The van der Waals surface area contributed by atoms with Gasteiger partial charge in [0.05, 0.1) is 6.26 Å². The van der Waals surface area contributed by atoms with Gasteiger partial charge in [0.2, 0.25) is 0 Å². The average Bonchev–Trinajstić information content (AvgIpc) is 3.04. The summed E-state index contributed by atoms with van der Waals surface area (Å²) in [6.45, 7) is 1.46. The van der Waals surface area contributed by atoms with Gasteiger partial charge in [-0.15, -0.1) is 0 Å². The van der Waals surface area contributed by atoms with Crippen LogP contribution >= 0.6 is 15.9 Å². The summed E-state index contributed by atoms with van der Waals surface area (Å²) in [5.41, 5.74) is 0. The highest BCUT2D eigenvalue weighted by Gasteiger charge is 2.24. The van der Waals surface area contributed by atoms with Crippen molar-refractivity contribution in [2.75, 3.05) is 18.4 Å². The van der Waals surface area contributed by atoms with Crippen molar-refractivity contribution >= 4 is 27.7 Å². The molecule has 1 fully saturated rings. The second-order valence-electron chi connectivity index (χ2n) is 5.05. The number of carbonyl (C=O) groups excluding carboxylic acids is 1. The van der Waals surface area contributed by atoms with E-state index < -0.39 is 0 Å². The SMILES string of the molecule is O=C(c1ccco1)N1CCC(Nc2ccc(Br)cn2)CC1. The summed E-state index contributed by atoms with van der Waals surface area (Å²) >= 11 is 3.37. The molecule has 6 heteroatoms. The number of anilines is 1. The van der Waals surface area contributed by atoms with Crippen molar-refractivity contribution < 1.29 is 9.21 Å². The van der Waals surface area contributed by atoms with E-state index in [1.807, 2.05) is 17.0 Å². The van der Waals surface area contributed by atoms with Crippen LogP contribution in [0.25, 0.3) is 0 Å². The molecule has 5 nitrogen and oxygen atoms in total. The third kappa shape index (κ3) is 3.44. The average molecular weight is 350 g/mol. The number of rotatable bonds is 3. The summed E-state index contributed by atoms with van der Waals surface area (Å²) < 4.78 is 6.13. The van der Waals surface area contributed by atoms with Gasteiger partial charge in [-0.2, -0.15) is 0 Å². The Hall–Kier alpha value is -1.82. The Balaban J connectivity index is 1.53. The van der Waals surface area contributed by atoms with Crippen molar-refractivity contribution in [2.24, 2.45) is 0 Å². The van der Waals surface area contributed by atoms with Gasteiger partial charge in [-0.05, 0) is 53.0 Å². The van der Waals surface area contributed by atoms with Crippen LogP contribution in [-0.2, 0) is 0 Å². The monoisotopic (exact) mass is 349 g/mol. The fourth-order valence-electron chi connectivity index (χ4n) is 2.45. The first-order valence-corrected chi connectivity index (χ1v) is 7.72. The van der Waals surface area contributed by atoms with Gasteiger partial charge in [-0.25, -0.2) is 4.98 Å². The molecule has 1 amide bonds. The van der Waals surface area contributed by atoms with Crippen LogP contribution in [0.5, 0.6) is 0 Å². The highest BCUT2D eigenvalue weighted by atomic mass is 79.9. The predicted octanol–water partition coefficient (Wildman–Crippen LogP) is 3.15. The van der Waals surface area contributed by atoms with Crippen LogP contribution in [0.2, 0.25) is 0 Å². The number of likely N-dealkylation sites (tertiary alicyclic amines) is 1. The number of carbonyl (C=O) groups is 1. The summed E-state index contributed by atoms with van der Waals surface area (Å²) in [7, 11) is 0. The lowest BCUT2D eigenvalue weighted by Gasteiger charge is -2.32. The first-order chi connectivity index (χ1) is 10.2. The summed E-state index contributed by atoms with van der Waals surface area (Å²) in [5, 5.41) is 3.41. The molecule has 1 N–H and O–H groups in total. The van der Waals surface area contributed by atoms with Crippen molar-refractivity contribution in [1.29, 1.82) is 0 Å². The lowest BCUT2D eigenvalue weighted by atomic mass is 10.0. The number of piperidine rings is 1. The van der Waals surface area contributed by atoms with Gasteiger partial charge < -0.3 is 14.6 Å². The highest BCUT2D eigenvalue weighted by Crippen LogP contribution is 2.18. The van der Waals surface area contributed by atoms with Crippen LogP contribution in [-0.4, -0.2) is 34.9 Å². The molecule has 0 radical (unpaired) electrons. The number of nitrogens with zero attached hydrogens (tertiary/aromatic N) is 2. The lowest BCUT2D eigenvalue weighted by molar-refractivity contribution is 0.0686.